The lowest BCUT2D eigenvalue weighted by molar-refractivity contribution is -0.192. The number of aliphatic hydroxyl groups is 2. The number of nitrogens with zero attached hydrogens (tertiary/aromatic N) is 2. The van der Waals surface area contributed by atoms with Crippen LogP contribution in [-0.2, 0) is 12.8 Å². The Labute approximate surface area is 123 Å². The molecule has 0 radical (unpaired) electrons. The second-order valence-electron chi connectivity index (χ2n) is 5.85. The van der Waals surface area contributed by atoms with E-state index in [4.69, 9.17) is 0 Å². The first kappa shape index (κ1) is 15.4. The van der Waals surface area contributed by atoms with Gasteiger partial charge in [-0.05, 0) is 26.7 Å². The Balaban J connectivity index is 2.10. The summed E-state index contributed by atoms with van der Waals surface area (Å²) in [5.41, 5.74) is -1.45. The highest BCUT2D eigenvalue weighted by Crippen LogP contribution is 2.33. The van der Waals surface area contributed by atoms with Gasteiger partial charge in [0.15, 0.2) is 5.01 Å². The van der Waals surface area contributed by atoms with E-state index in [0.717, 1.165) is 23.4 Å². The monoisotopic (exact) mass is 298 g/mol. The molecule has 5 nitrogen and oxygen atoms in total. The minimum absolute atomic E-state index is 0.151. The zero-order valence-corrected chi connectivity index (χ0v) is 13.3. The number of thiazole rings is 1. The van der Waals surface area contributed by atoms with Crippen molar-refractivity contribution in [2.24, 2.45) is 0 Å². The van der Waals surface area contributed by atoms with E-state index in [1.165, 1.54) is 16.2 Å². The third kappa shape index (κ3) is 2.47. The van der Waals surface area contributed by atoms with Crippen molar-refractivity contribution in [1.29, 1.82) is 0 Å². The Morgan fingerprint density at radius 2 is 2.00 bits per heavy atom. The van der Waals surface area contributed by atoms with Crippen molar-refractivity contribution in [3.63, 3.8) is 0 Å². The maximum absolute atomic E-state index is 12.3. The molecule has 0 aliphatic carbocycles. The Bertz CT molecular complexity index is 491. The van der Waals surface area contributed by atoms with Crippen LogP contribution >= 0.6 is 11.3 Å². The predicted molar refractivity (Wildman–Crippen MR) is 78.0 cm³/mol. The minimum atomic E-state index is -1.22. The van der Waals surface area contributed by atoms with Gasteiger partial charge in [0.25, 0.3) is 5.91 Å². The minimum Gasteiger partial charge on any atom is -0.387 e. The molecule has 1 aromatic rings. The van der Waals surface area contributed by atoms with E-state index in [1.807, 2.05) is 6.92 Å². The molecule has 0 bridgehead atoms. The lowest BCUT2D eigenvalue weighted by Crippen LogP contribution is -2.72. The molecule has 0 saturated carbocycles. The number of likely N-dealkylation sites (tertiary alicyclic amines) is 1. The van der Waals surface area contributed by atoms with Gasteiger partial charge in [-0.1, -0.05) is 13.8 Å². The summed E-state index contributed by atoms with van der Waals surface area (Å²) in [7, 11) is 0. The van der Waals surface area contributed by atoms with E-state index < -0.39 is 11.2 Å². The predicted octanol–water partition coefficient (Wildman–Crippen LogP) is 1.23. The SMILES string of the molecule is CCc1nc(C(=O)N2CC(O)(C(C)(C)O)C2)sc1CC. The van der Waals surface area contributed by atoms with E-state index in [9.17, 15) is 15.0 Å². The smallest absolute Gasteiger partial charge is 0.283 e. The fourth-order valence-corrected chi connectivity index (χ4v) is 3.34. The standard InChI is InChI=1S/C14H22N2O3S/c1-5-9-10(6-2)20-11(15-9)12(17)16-7-14(19,8-16)13(3,4)18/h18-19H,5-8H2,1-4H3. The molecular formula is C14H22N2O3S. The second-order valence-corrected chi connectivity index (χ2v) is 6.93. The number of rotatable bonds is 4. The molecular weight excluding hydrogens is 276 g/mol. The lowest BCUT2D eigenvalue weighted by Gasteiger charge is -2.52. The molecule has 1 aromatic heterocycles. The van der Waals surface area contributed by atoms with Crippen molar-refractivity contribution >= 4 is 17.2 Å². The largest absolute Gasteiger partial charge is 0.387 e. The molecule has 1 aliphatic heterocycles. The van der Waals surface area contributed by atoms with Crippen LogP contribution < -0.4 is 0 Å². The van der Waals surface area contributed by atoms with Crippen molar-refractivity contribution in [2.45, 2.75) is 51.7 Å². The molecule has 20 heavy (non-hydrogen) atoms. The zero-order chi connectivity index (χ0) is 15.1. The quantitative estimate of drug-likeness (QED) is 0.877. The van der Waals surface area contributed by atoms with Gasteiger partial charge in [-0.15, -0.1) is 11.3 Å². The van der Waals surface area contributed by atoms with Gasteiger partial charge in [0.05, 0.1) is 24.4 Å². The van der Waals surface area contributed by atoms with E-state index in [-0.39, 0.29) is 19.0 Å². The summed E-state index contributed by atoms with van der Waals surface area (Å²) in [5.74, 6) is -0.154. The summed E-state index contributed by atoms with van der Waals surface area (Å²) in [5, 5.41) is 20.6. The van der Waals surface area contributed by atoms with Gasteiger partial charge in [-0.3, -0.25) is 4.79 Å². The fourth-order valence-electron chi connectivity index (χ4n) is 2.28. The van der Waals surface area contributed by atoms with Crippen LogP contribution in [0.2, 0.25) is 0 Å². The highest BCUT2D eigenvalue weighted by atomic mass is 32.1. The number of aryl methyl sites for hydroxylation is 2. The number of amides is 1. The van der Waals surface area contributed by atoms with E-state index in [1.54, 1.807) is 13.8 Å². The van der Waals surface area contributed by atoms with Gasteiger partial charge in [-0.2, -0.15) is 0 Å². The maximum atomic E-state index is 12.3. The van der Waals surface area contributed by atoms with Crippen LogP contribution in [0.1, 0.15) is 48.1 Å². The molecule has 1 amide bonds. The number of hydrogen-bond donors (Lipinski definition) is 2. The molecule has 0 aromatic carbocycles. The zero-order valence-electron chi connectivity index (χ0n) is 12.4. The first-order valence-corrected chi connectivity index (χ1v) is 7.76. The molecule has 1 aliphatic rings. The highest BCUT2D eigenvalue weighted by molar-refractivity contribution is 7.13. The molecule has 112 valence electrons. The molecule has 1 saturated heterocycles. The number of β-amino-alcohol motifs (C(OH)–C–C–N with tert-alkyl or cyclic N) is 1. The van der Waals surface area contributed by atoms with E-state index >= 15 is 0 Å². The van der Waals surface area contributed by atoms with Gasteiger partial charge in [-0.25, -0.2) is 4.98 Å². The topological polar surface area (TPSA) is 73.7 Å². The first-order valence-electron chi connectivity index (χ1n) is 6.94. The number of carbonyl (C=O) groups is 1. The van der Waals surface area contributed by atoms with Gasteiger partial charge < -0.3 is 15.1 Å². The van der Waals surface area contributed by atoms with Gasteiger partial charge >= 0.3 is 0 Å². The summed E-state index contributed by atoms with van der Waals surface area (Å²) >= 11 is 1.43. The number of carbonyl (C=O) groups excluding carboxylic acids is 1. The summed E-state index contributed by atoms with van der Waals surface area (Å²) in [6, 6.07) is 0. The van der Waals surface area contributed by atoms with Crippen LogP contribution in [0.4, 0.5) is 0 Å². The van der Waals surface area contributed by atoms with E-state index in [0.29, 0.717) is 5.01 Å². The molecule has 6 heteroatoms. The molecule has 2 rings (SSSR count). The van der Waals surface area contributed by atoms with Crippen molar-refractivity contribution < 1.29 is 15.0 Å². The molecule has 1 fully saturated rings. The first-order chi connectivity index (χ1) is 9.21. The molecule has 0 unspecified atom stereocenters. The van der Waals surface area contributed by atoms with Crippen molar-refractivity contribution in [3.8, 4) is 0 Å². The Kier molecular flexibility index (Phi) is 3.92. The van der Waals surface area contributed by atoms with Gasteiger partial charge in [0, 0.05) is 4.88 Å². The van der Waals surface area contributed by atoms with Crippen LogP contribution in [0.25, 0.3) is 0 Å². The molecule has 0 atom stereocenters. The second kappa shape index (κ2) is 5.09. The summed E-state index contributed by atoms with van der Waals surface area (Å²) in [6.07, 6.45) is 1.70. The van der Waals surface area contributed by atoms with Crippen molar-refractivity contribution in [2.75, 3.05) is 13.1 Å². The third-order valence-corrected chi connectivity index (χ3v) is 5.18. The fraction of sp³-hybridized carbons (Fsp3) is 0.714. The van der Waals surface area contributed by atoms with Crippen molar-refractivity contribution in [1.82, 2.24) is 9.88 Å². The average Bonchev–Trinajstić information content (AvgIpc) is 2.75. The van der Waals surface area contributed by atoms with Crippen molar-refractivity contribution in [3.05, 3.63) is 15.6 Å². The van der Waals surface area contributed by atoms with Crippen LogP contribution in [0.5, 0.6) is 0 Å². The van der Waals surface area contributed by atoms with Gasteiger partial charge in [0.2, 0.25) is 0 Å². The molecule has 2 N–H and O–H groups in total. The van der Waals surface area contributed by atoms with E-state index in [2.05, 4.69) is 11.9 Å². The van der Waals surface area contributed by atoms with Crippen LogP contribution in [-0.4, -0.2) is 50.3 Å². The Hall–Kier alpha value is -0.980. The average molecular weight is 298 g/mol. The normalized spacial score (nSPS) is 18.0. The maximum Gasteiger partial charge on any atom is 0.283 e. The number of aromatic nitrogens is 1. The molecule has 2 heterocycles. The van der Waals surface area contributed by atoms with Crippen LogP contribution in [0.15, 0.2) is 0 Å². The third-order valence-electron chi connectivity index (χ3n) is 3.95. The summed E-state index contributed by atoms with van der Waals surface area (Å²) in [4.78, 5) is 19.4. The van der Waals surface area contributed by atoms with Crippen LogP contribution in [0, 0.1) is 0 Å². The lowest BCUT2D eigenvalue weighted by atomic mass is 9.79. The molecule has 0 spiro atoms. The summed E-state index contributed by atoms with van der Waals surface area (Å²) in [6.45, 7) is 7.50. The van der Waals surface area contributed by atoms with Crippen LogP contribution in [0.3, 0.4) is 0 Å². The Morgan fingerprint density at radius 3 is 2.40 bits per heavy atom. The van der Waals surface area contributed by atoms with Gasteiger partial charge in [0.1, 0.15) is 5.60 Å². The summed E-state index contributed by atoms with van der Waals surface area (Å²) < 4.78 is 0. The Morgan fingerprint density at radius 1 is 1.40 bits per heavy atom. The highest BCUT2D eigenvalue weighted by Gasteiger charge is 2.53. The number of hydrogen-bond acceptors (Lipinski definition) is 5.